The van der Waals surface area contributed by atoms with Gasteiger partial charge in [0, 0.05) is 18.2 Å². The maximum Gasteiger partial charge on any atom is 0.346 e. The summed E-state index contributed by atoms with van der Waals surface area (Å²) in [5, 5.41) is 3.29. The Morgan fingerprint density at radius 1 is 1.53 bits per heavy atom. The summed E-state index contributed by atoms with van der Waals surface area (Å²) in [4.78, 5) is 11.3. The number of para-hydroxylation sites is 1. The molecule has 0 amide bonds. The molecule has 0 saturated heterocycles. The van der Waals surface area contributed by atoms with E-state index in [9.17, 15) is 9.18 Å². The Balaban J connectivity index is 2.09. The number of hydrogen-bond acceptors (Lipinski definition) is 4. The van der Waals surface area contributed by atoms with E-state index in [0.29, 0.717) is 18.2 Å². The fraction of sp³-hybridized carbons (Fsp3) is 0.500. The van der Waals surface area contributed by atoms with Crippen molar-refractivity contribution in [1.29, 1.82) is 0 Å². The first-order chi connectivity index (χ1) is 9.11. The molecule has 1 unspecified atom stereocenters. The molecule has 1 aliphatic rings. The van der Waals surface area contributed by atoms with Gasteiger partial charge in [0.2, 0.25) is 0 Å². The van der Waals surface area contributed by atoms with Gasteiger partial charge >= 0.3 is 5.97 Å². The summed E-state index contributed by atoms with van der Waals surface area (Å²) in [6, 6.07) is 5.27. The molecular formula is C14H18FNO3. The highest BCUT2D eigenvalue weighted by Gasteiger charge is 2.23. The third kappa shape index (κ3) is 3.67. The smallest absolute Gasteiger partial charge is 0.346 e. The lowest BCUT2D eigenvalue weighted by Gasteiger charge is -2.16. The predicted octanol–water partition coefficient (Wildman–Crippen LogP) is 2.02. The van der Waals surface area contributed by atoms with Crippen molar-refractivity contribution < 1.29 is 18.7 Å². The number of nitrogens with one attached hydrogen (secondary N) is 1. The number of carbonyl (C=O) groups excluding carboxylic acids is 1. The maximum atomic E-state index is 13.8. The van der Waals surface area contributed by atoms with Gasteiger partial charge in [0.15, 0.2) is 17.7 Å². The molecule has 1 aromatic carbocycles. The molecule has 1 aliphatic carbocycles. The molecule has 2 rings (SSSR count). The number of carbonyl (C=O) groups is 1. The molecule has 0 aromatic heterocycles. The zero-order chi connectivity index (χ0) is 13.8. The van der Waals surface area contributed by atoms with Crippen molar-refractivity contribution in [3.05, 3.63) is 29.6 Å². The zero-order valence-electron chi connectivity index (χ0n) is 11.1. The van der Waals surface area contributed by atoms with E-state index in [-0.39, 0.29) is 5.75 Å². The third-order valence-electron chi connectivity index (χ3n) is 3.03. The van der Waals surface area contributed by atoms with E-state index in [1.807, 2.05) is 0 Å². The fourth-order valence-corrected chi connectivity index (χ4v) is 1.76. The van der Waals surface area contributed by atoms with E-state index >= 15 is 0 Å². The predicted molar refractivity (Wildman–Crippen MR) is 68.4 cm³/mol. The van der Waals surface area contributed by atoms with Gasteiger partial charge in [-0.15, -0.1) is 0 Å². The Morgan fingerprint density at radius 2 is 2.26 bits per heavy atom. The van der Waals surface area contributed by atoms with E-state index in [1.165, 1.54) is 20.1 Å². The summed E-state index contributed by atoms with van der Waals surface area (Å²) in [6.07, 6.45) is 1.48. The van der Waals surface area contributed by atoms with Gasteiger partial charge in [0.1, 0.15) is 0 Å². The molecule has 0 radical (unpaired) electrons. The van der Waals surface area contributed by atoms with Gasteiger partial charge in [-0.2, -0.15) is 0 Å². The maximum absolute atomic E-state index is 13.8. The minimum Gasteiger partial charge on any atom is -0.476 e. The number of rotatable bonds is 6. The highest BCUT2D eigenvalue weighted by molar-refractivity contribution is 5.74. The lowest BCUT2D eigenvalue weighted by molar-refractivity contribution is -0.148. The SMILES string of the molecule is COC(=O)C(C)Oc1c(F)cccc1CNC1CC1. The molecule has 1 aromatic rings. The van der Waals surface area contributed by atoms with E-state index in [0.717, 1.165) is 12.8 Å². The molecule has 0 aliphatic heterocycles. The van der Waals surface area contributed by atoms with Crippen LogP contribution in [0.4, 0.5) is 4.39 Å². The molecule has 1 fully saturated rings. The molecule has 0 heterocycles. The molecule has 1 saturated carbocycles. The highest BCUT2D eigenvalue weighted by Crippen LogP contribution is 2.26. The van der Waals surface area contributed by atoms with Crippen molar-refractivity contribution in [2.75, 3.05) is 7.11 Å². The Morgan fingerprint density at radius 3 is 2.89 bits per heavy atom. The van der Waals surface area contributed by atoms with Gasteiger partial charge < -0.3 is 14.8 Å². The lowest BCUT2D eigenvalue weighted by atomic mass is 10.2. The van der Waals surface area contributed by atoms with E-state index in [4.69, 9.17) is 4.74 Å². The second kappa shape index (κ2) is 6.02. The topological polar surface area (TPSA) is 47.6 Å². The second-order valence-electron chi connectivity index (χ2n) is 4.67. The molecule has 19 heavy (non-hydrogen) atoms. The molecule has 1 N–H and O–H groups in total. The minimum absolute atomic E-state index is 0.119. The van der Waals surface area contributed by atoms with Gasteiger partial charge in [-0.3, -0.25) is 0 Å². The first-order valence-electron chi connectivity index (χ1n) is 6.37. The Bertz CT molecular complexity index is 460. The van der Waals surface area contributed by atoms with E-state index < -0.39 is 17.9 Å². The van der Waals surface area contributed by atoms with Crippen LogP contribution in [0.5, 0.6) is 5.75 Å². The van der Waals surface area contributed by atoms with Crippen LogP contribution in [0.3, 0.4) is 0 Å². The monoisotopic (exact) mass is 267 g/mol. The van der Waals surface area contributed by atoms with Crippen LogP contribution in [0.25, 0.3) is 0 Å². The van der Waals surface area contributed by atoms with Crippen LogP contribution in [0.2, 0.25) is 0 Å². The quantitative estimate of drug-likeness (QED) is 0.801. The van der Waals surface area contributed by atoms with Gasteiger partial charge in [0.25, 0.3) is 0 Å². The number of hydrogen-bond donors (Lipinski definition) is 1. The number of ether oxygens (including phenoxy) is 2. The average molecular weight is 267 g/mol. The first-order valence-corrected chi connectivity index (χ1v) is 6.37. The summed E-state index contributed by atoms with van der Waals surface area (Å²) in [7, 11) is 1.28. The van der Waals surface area contributed by atoms with E-state index in [2.05, 4.69) is 10.1 Å². The van der Waals surface area contributed by atoms with E-state index in [1.54, 1.807) is 12.1 Å². The fourth-order valence-electron chi connectivity index (χ4n) is 1.76. The van der Waals surface area contributed by atoms with Crippen molar-refractivity contribution in [2.45, 2.75) is 38.5 Å². The highest BCUT2D eigenvalue weighted by atomic mass is 19.1. The van der Waals surface area contributed by atoms with Crippen molar-refractivity contribution in [2.24, 2.45) is 0 Å². The second-order valence-corrected chi connectivity index (χ2v) is 4.67. The summed E-state index contributed by atoms with van der Waals surface area (Å²) in [5.74, 6) is -0.872. The number of benzene rings is 1. The molecule has 0 spiro atoms. The van der Waals surface area contributed by atoms with Gasteiger partial charge in [-0.25, -0.2) is 9.18 Å². The van der Waals surface area contributed by atoms with Crippen molar-refractivity contribution in [3.8, 4) is 5.75 Å². The third-order valence-corrected chi connectivity index (χ3v) is 3.03. The Labute approximate surface area is 111 Å². The molecule has 0 bridgehead atoms. The number of halogens is 1. The molecular weight excluding hydrogens is 249 g/mol. The van der Waals surface area contributed by atoms with Gasteiger partial charge in [0.05, 0.1) is 7.11 Å². The van der Waals surface area contributed by atoms with Crippen LogP contribution in [-0.2, 0) is 16.1 Å². The Hall–Kier alpha value is -1.62. The molecule has 5 heteroatoms. The summed E-state index contributed by atoms with van der Waals surface area (Å²) in [6.45, 7) is 2.07. The van der Waals surface area contributed by atoms with Crippen molar-refractivity contribution in [3.63, 3.8) is 0 Å². The van der Waals surface area contributed by atoms with Gasteiger partial charge in [-0.05, 0) is 25.8 Å². The van der Waals surface area contributed by atoms with Crippen molar-refractivity contribution in [1.82, 2.24) is 5.32 Å². The van der Waals surface area contributed by atoms with Crippen LogP contribution in [-0.4, -0.2) is 25.2 Å². The summed E-state index contributed by atoms with van der Waals surface area (Å²) >= 11 is 0. The zero-order valence-corrected chi connectivity index (χ0v) is 11.1. The molecule has 1 atom stereocenters. The first kappa shape index (κ1) is 13.8. The Kier molecular flexibility index (Phi) is 4.37. The van der Waals surface area contributed by atoms with Crippen LogP contribution >= 0.6 is 0 Å². The molecule has 104 valence electrons. The van der Waals surface area contributed by atoms with Crippen molar-refractivity contribution >= 4 is 5.97 Å². The van der Waals surface area contributed by atoms with Crippen LogP contribution in [0.1, 0.15) is 25.3 Å². The molecule has 4 nitrogen and oxygen atoms in total. The number of methoxy groups -OCH3 is 1. The van der Waals surface area contributed by atoms with Gasteiger partial charge in [-0.1, -0.05) is 12.1 Å². The minimum atomic E-state index is -0.832. The standard InChI is InChI=1S/C14H18FNO3/c1-9(14(17)18-2)19-13-10(4-3-5-12(13)15)8-16-11-6-7-11/h3-5,9,11,16H,6-8H2,1-2H3. The van der Waals surface area contributed by atoms with Crippen LogP contribution in [0, 0.1) is 5.82 Å². The largest absolute Gasteiger partial charge is 0.476 e. The summed E-state index contributed by atoms with van der Waals surface area (Å²) < 4.78 is 23.8. The van der Waals surface area contributed by atoms with Crippen LogP contribution < -0.4 is 10.1 Å². The lowest BCUT2D eigenvalue weighted by Crippen LogP contribution is -2.26. The summed E-state index contributed by atoms with van der Waals surface area (Å²) in [5.41, 5.74) is 0.711. The normalized spacial score (nSPS) is 15.9. The van der Waals surface area contributed by atoms with Crippen LogP contribution in [0.15, 0.2) is 18.2 Å². The number of esters is 1. The average Bonchev–Trinajstić information content (AvgIpc) is 3.22.